The highest BCUT2D eigenvalue weighted by molar-refractivity contribution is 7.99. The zero-order chi connectivity index (χ0) is 11.9. The van der Waals surface area contributed by atoms with E-state index in [0.29, 0.717) is 0 Å². The SMILES string of the molecule is Cn1cc(CNCCSc2ccccc2)nn1. The van der Waals surface area contributed by atoms with Gasteiger partial charge in [0, 0.05) is 37.0 Å². The maximum atomic E-state index is 4.02. The number of hydrogen-bond donors (Lipinski definition) is 1. The van der Waals surface area contributed by atoms with Crippen molar-refractivity contribution in [1.82, 2.24) is 20.3 Å². The Hall–Kier alpha value is -1.33. The molecule has 0 radical (unpaired) electrons. The molecule has 0 aliphatic carbocycles. The highest BCUT2D eigenvalue weighted by Gasteiger charge is 1.97. The minimum Gasteiger partial charge on any atom is -0.310 e. The monoisotopic (exact) mass is 248 g/mol. The van der Waals surface area contributed by atoms with Gasteiger partial charge in [-0.15, -0.1) is 16.9 Å². The lowest BCUT2D eigenvalue weighted by molar-refractivity contribution is 0.698. The average Bonchev–Trinajstić information content (AvgIpc) is 2.76. The van der Waals surface area contributed by atoms with Crippen LogP contribution in [0.25, 0.3) is 0 Å². The van der Waals surface area contributed by atoms with E-state index < -0.39 is 0 Å². The third-order valence-electron chi connectivity index (χ3n) is 2.25. The first-order chi connectivity index (χ1) is 8.34. The van der Waals surface area contributed by atoms with Crippen LogP contribution in [0.15, 0.2) is 41.4 Å². The topological polar surface area (TPSA) is 42.7 Å². The van der Waals surface area contributed by atoms with Crippen LogP contribution < -0.4 is 5.32 Å². The first kappa shape index (κ1) is 12.1. The van der Waals surface area contributed by atoms with Gasteiger partial charge < -0.3 is 5.32 Å². The minimum absolute atomic E-state index is 0.781. The van der Waals surface area contributed by atoms with Crippen LogP contribution in [-0.4, -0.2) is 27.3 Å². The second-order valence-corrected chi connectivity index (χ2v) is 4.89. The van der Waals surface area contributed by atoms with E-state index in [4.69, 9.17) is 0 Å². The molecule has 1 heterocycles. The molecule has 0 fully saturated rings. The Morgan fingerprint density at radius 2 is 2.12 bits per heavy atom. The van der Waals surface area contributed by atoms with Crippen molar-refractivity contribution >= 4 is 11.8 Å². The summed E-state index contributed by atoms with van der Waals surface area (Å²) in [5, 5.41) is 11.2. The molecule has 2 rings (SSSR count). The molecule has 17 heavy (non-hydrogen) atoms. The molecule has 2 aromatic rings. The predicted octanol–water partition coefficient (Wildman–Crippen LogP) is 1.70. The summed E-state index contributed by atoms with van der Waals surface area (Å²) >= 11 is 1.86. The van der Waals surface area contributed by atoms with Gasteiger partial charge in [-0.2, -0.15) is 0 Å². The molecule has 0 atom stereocenters. The van der Waals surface area contributed by atoms with Crippen LogP contribution in [0.4, 0.5) is 0 Å². The van der Waals surface area contributed by atoms with Gasteiger partial charge in [-0.1, -0.05) is 23.4 Å². The van der Waals surface area contributed by atoms with Gasteiger partial charge in [-0.3, -0.25) is 4.68 Å². The number of hydrogen-bond acceptors (Lipinski definition) is 4. The van der Waals surface area contributed by atoms with Crippen molar-refractivity contribution in [2.24, 2.45) is 7.05 Å². The van der Waals surface area contributed by atoms with E-state index in [1.165, 1.54) is 4.90 Å². The zero-order valence-corrected chi connectivity index (χ0v) is 10.7. The Labute approximate surface area is 105 Å². The van der Waals surface area contributed by atoms with E-state index in [1.807, 2.05) is 31.1 Å². The molecular formula is C12H16N4S. The zero-order valence-electron chi connectivity index (χ0n) is 9.84. The van der Waals surface area contributed by atoms with Crippen LogP contribution in [0.2, 0.25) is 0 Å². The quantitative estimate of drug-likeness (QED) is 0.624. The number of rotatable bonds is 6. The van der Waals surface area contributed by atoms with Crippen molar-refractivity contribution in [1.29, 1.82) is 0 Å². The number of aryl methyl sites for hydroxylation is 1. The van der Waals surface area contributed by atoms with Gasteiger partial charge in [0.15, 0.2) is 0 Å². The Bertz CT molecular complexity index is 441. The maximum absolute atomic E-state index is 4.02. The van der Waals surface area contributed by atoms with Crippen molar-refractivity contribution in [3.63, 3.8) is 0 Å². The van der Waals surface area contributed by atoms with Gasteiger partial charge in [0.1, 0.15) is 0 Å². The van der Waals surface area contributed by atoms with Crippen molar-refractivity contribution in [2.45, 2.75) is 11.4 Å². The Morgan fingerprint density at radius 3 is 2.82 bits per heavy atom. The molecule has 0 saturated heterocycles. The summed E-state index contributed by atoms with van der Waals surface area (Å²) in [5.74, 6) is 1.06. The van der Waals surface area contributed by atoms with E-state index >= 15 is 0 Å². The van der Waals surface area contributed by atoms with E-state index in [2.05, 4.69) is 39.9 Å². The number of nitrogens with one attached hydrogen (secondary N) is 1. The normalized spacial score (nSPS) is 10.6. The fourth-order valence-electron chi connectivity index (χ4n) is 1.45. The van der Waals surface area contributed by atoms with Gasteiger partial charge in [-0.05, 0) is 12.1 Å². The lowest BCUT2D eigenvalue weighted by Gasteiger charge is -2.02. The largest absolute Gasteiger partial charge is 0.310 e. The fraction of sp³-hybridized carbons (Fsp3) is 0.333. The van der Waals surface area contributed by atoms with Gasteiger partial charge in [0.2, 0.25) is 0 Å². The van der Waals surface area contributed by atoms with Gasteiger partial charge in [0.25, 0.3) is 0 Å². The first-order valence-corrected chi connectivity index (χ1v) is 6.57. The standard InChI is InChI=1S/C12H16N4S/c1-16-10-11(14-15-16)9-13-7-8-17-12-5-3-2-4-6-12/h2-6,10,13H,7-9H2,1H3. The number of nitrogens with zero attached hydrogens (tertiary/aromatic N) is 3. The minimum atomic E-state index is 0.781. The van der Waals surface area contributed by atoms with E-state index in [9.17, 15) is 0 Å². The summed E-state index contributed by atoms with van der Waals surface area (Å²) in [6.07, 6.45) is 1.93. The summed E-state index contributed by atoms with van der Waals surface area (Å²) in [7, 11) is 1.88. The molecule has 90 valence electrons. The van der Waals surface area contributed by atoms with Gasteiger partial charge in [-0.25, -0.2) is 0 Å². The second-order valence-electron chi connectivity index (χ2n) is 3.72. The first-order valence-electron chi connectivity index (χ1n) is 5.58. The number of thioether (sulfide) groups is 1. The number of benzene rings is 1. The summed E-state index contributed by atoms with van der Waals surface area (Å²) in [6, 6.07) is 10.4. The summed E-state index contributed by atoms with van der Waals surface area (Å²) < 4.78 is 1.72. The van der Waals surface area contributed by atoms with Crippen LogP contribution in [-0.2, 0) is 13.6 Å². The average molecular weight is 248 g/mol. The molecule has 0 aliphatic rings. The van der Waals surface area contributed by atoms with E-state index in [0.717, 1.165) is 24.5 Å². The molecule has 1 aromatic heterocycles. The van der Waals surface area contributed by atoms with E-state index in [-0.39, 0.29) is 0 Å². The Morgan fingerprint density at radius 1 is 1.29 bits per heavy atom. The van der Waals surface area contributed by atoms with Crippen LogP contribution in [0, 0.1) is 0 Å². The van der Waals surface area contributed by atoms with E-state index in [1.54, 1.807) is 4.68 Å². The van der Waals surface area contributed by atoms with Crippen molar-refractivity contribution in [3.05, 3.63) is 42.2 Å². The Kier molecular flexibility index (Phi) is 4.58. The third-order valence-corrected chi connectivity index (χ3v) is 3.26. The van der Waals surface area contributed by atoms with Gasteiger partial charge >= 0.3 is 0 Å². The molecule has 0 amide bonds. The highest BCUT2D eigenvalue weighted by atomic mass is 32.2. The molecule has 0 aliphatic heterocycles. The van der Waals surface area contributed by atoms with Gasteiger partial charge in [0.05, 0.1) is 5.69 Å². The number of aromatic nitrogens is 3. The molecule has 1 aromatic carbocycles. The summed E-state index contributed by atoms with van der Waals surface area (Å²) in [4.78, 5) is 1.31. The second kappa shape index (κ2) is 6.42. The Balaban J connectivity index is 1.61. The molecule has 0 saturated carbocycles. The summed E-state index contributed by atoms with van der Waals surface area (Å²) in [5.41, 5.74) is 0.984. The predicted molar refractivity (Wildman–Crippen MR) is 69.9 cm³/mol. The molecule has 5 heteroatoms. The van der Waals surface area contributed by atoms with Crippen LogP contribution in [0.3, 0.4) is 0 Å². The molecular weight excluding hydrogens is 232 g/mol. The molecule has 4 nitrogen and oxygen atoms in total. The maximum Gasteiger partial charge on any atom is 0.0964 e. The lowest BCUT2D eigenvalue weighted by Crippen LogP contribution is -2.16. The fourth-order valence-corrected chi connectivity index (χ4v) is 2.28. The van der Waals surface area contributed by atoms with Crippen LogP contribution >= 0.6 is 11.8 Å². The van der Waals surface area contributed by atoms with Crippen LogP contribution in [0.1, 0.15) is 5.69 Å². The summed E-state index contributed by atoms with van der Waals surface area (Å²) in [6.45, 7) is 1.75. The third kappa shape index (κ3) is 4.20. The lowest BCUT2D eigenvalue weighted by atomic mass is 10.4. The molecule has 0 spiro atoms. The highest BCUT2D eigenvalue weighted by Crippen LogP contribution is 2.15. The van der Waals surface area contributed by atoms with Crippen molar-refractivity contribution in [2.75, 3.05) is 12.3 Å². The smallest absolute Gasteiger partial charge is 0.0964 e. The molecule has 1 N–H and O–H groups in total. The van der Waals surface area contributed by atoms with Crippen LogP contribution in [0.5, 0.6) is 0 Å². The van der Waals surface area contributed by atoms with Crippen molar-refractivity contribution < 1.29 is 0 Å². The van der Waals surface area contributed by atoms with Crippen molar-refractivity contribution in [3.8, 4) is 0 Å². The molecule has 0 unspecified atom stereocenters. The molecule has 0 bridgehead atoms.